The second-order valence-electron chi connectivity index (χ2n) is 5.61. The van der Waals surface area contributed by atoms with Gasteiger partial charge in [-0.15, -0.1) is 0 Å². The number of thiophene rings is 1. The van der Waals surface area contributed by atoms with Crippen LogP contribution in [0.25, 0.3) is 0 Å². The Morgan fingerprint density at radius 3 is 2.83 bits per heavy atom. The van der Waals surface area contributed by atoms with E-state index in [1.54, 1.807) is 12.3 Å². The Labute approximate surface area is 138 Å². The van der Waals surface area contributed by atoms with Gasteiger partial charge < -0.3 is 10.2 Å². The van der Waals surface area contributed by atoms with Crippen molar-refractivity contribution in [2.24, 2.45) is 0 Å². The van der Waals surface area contributed by atoms with Crippen LogP contribution in [-0.4, -0.2) is 34.8 Å². The topological polar surface area (TPSA) is 67.2 Å². The minimum atomic E-state index is -0.0714. The standard InChI is InChI=1S/C16H20N4O2S/c1-2-20-15(21)9-14(10-17-20)19-6-3-13(4-7-19)18-16(22)12-5-8-23-11-12/h5,8-11,13H,2-4,6-7H2,1H3,(H,18,22). The monoisotopic (exact) mass is 332 g/mol. The van der Waals surface area contributed by atoms with Crippen molar-refractivity contribution in [3.63, 3.8) is 0 Å². The van der Waals surface area contributed by atoms with Crippen LogP contribution in [0.5, 0.6) is 0 Å². The minimum Gasteiger partial charge on any atom is -0.370 e. The Morgan fingerprint density at radius 1 is 1.43 bits per heavy atom. The van der Waals surface area contributed by atoms with Crippen LogP contribution in [0, 0.1) is 0 Å². The summed E-state index contributed by atoms with van der Waals surface area (Å²) in [5.41, 5.74) is 1.52. The van der Waals surface area contributed by atoms with Crippen molar-refractivity contribution in [2.45, 2.75) is 32.4 Å². The van der Waals surface area contributed by atoms with Crippen LogP contribution in [-0.2, 0) is 6.54 Å². The highest BCUT2D eigenvalue weighted by atomic mass is 32.1. The van der Waals surface area contributed by atoms with Crippen LogP contribution in [0.3, 0.4) is 0 Å². The number of aryl methyl sites for hydroxylation is 1. The first-order chi connectivity index (χ1) is 11.2. The predicted octanol–water partition coefficient (Wildman–Crippen LogP) is 1.72. The van der Waals surface area contributed by atoms with Gasteiger partial charge >= 0.3 is 0 Å². The highest BCUT2D eigenvalue weighted by molar-refractivity contribution is 7.08. The van der Waals surface area contributed by atoms with E-state index in [2.05, 4.69) is 15.3 Å². The summed E-state index contributed by atoms with van der Waals surface area (Å²) in [5.74, 6) is -0.00286. The maximum Gasteiger partial charge on any atom is 0.268 e. The maximum absolute atomic E-state index is 12.1. The van der Waals surface area contributed by atoms with Gasteiger partial charge in [0.15, 0.2) is 0 Å². The molecule has 1 aliphatic heterocycles. The molecule has 1 amide bonds. The second-order valence-corrected chi connectivity index (χ2v) is 6.39. The van der Waals surface area contributed by atoms with Gasteiger partial charge in [0.25, 0.3) is 11.5 Å². The van der Waals surface area contributed by atoms with Crippen molar-refractivity contribution in [3.05, 3.63) is 45.0 Å². The van der Waals surface area contributed by atoms with Crippen LogP contribution in [0.2, 0.25) is 0 Å². The lowest BCUT2D eigenvalue weighted by atomic mass is 10.0. The van der Waals surface area contributed by atoms with Gasteiger partial charge in [0, 0.05) is 42.7 Å². The number of hydrogen-bond acceptors (Lipinski definition) is 5. The molecule has 1 aliphatic rings. The maximum atomic E-state index is 12.1. The van der Waals surface area contributed by atoms with Crippen molar-refractivity contribution in [3.8, 4) is 0 Å². The Bertz CT molecular complexity index is 718. The molecule has 3 heterocycles. The van der Waals surface area contributed by atoms with Crippen LogP contribution < -0.4 is 15.8 Å². The normalized spacial score (nSPS) is 15.6. The van der Waals surface area contributed by atoms with E-state index in [1.165, 1.54) is 16.0 Å². The minimum absolute atomic E-state index is 0.00286. The fourth-order valence-corrected chi connectivity index (χ4v) is 3.41. The number of carbonyl (C=O) groups excluding carboxylic acids is 1. The zero-order valence-corrected chi connectivity index (χ0v) is 13.9. The third-order valence-electron chi connectivity index (χ3n) is 4.13. The van der Waals surface area contributed by atoms with Crippen molar-refractivity contribution < 1.29 is 4.79 Å². The molecule has 0 spiro atoms. The highest BCUT2D eigenvalue weighted by Crippen LogP contribution is 2.18. The van der Waals surface area contributed by atoms with Gasteiger partial charge in [0.05, 0.1) is 11.9 Å². The summed E-state index contributed by atoms with van der Waals surface area (Å²) < 4.78 is 1.44. The summed E-state index contributed by atoms with van der Waals surface area (Å²) in [5, 5.41) is 11.0. The molecule has 23 heavy (non-hydrogen) atoms. The van der Waals surface area contributed by atoms with Crippen molar-refractivity contribution in [2.75, 3.05) is 18.0 Å². The molecule has 0 radical (unpaired) electrons. The molecule has 122 valence electrons. The van der Waals surface area contributed by atoms with Crippen molar-refractivity contribution in [1.29, 1.82) is 0 Å². The molecule has 3 rings (SSSR count). The molecule has 0 unspecified atom stereocenters. The largest absolute Gasteiger partial charge is 0.370 e. The van der Waals surface area contributed by atoms with Gasteiger partial charge in [0.1, 0.15) is 0 Å². The predicted molar refractivity (Wildman–Crippen MR) is 91.2 cm³/mol. The lowest BCUT2D eigenvalue weighted by molar-refractivity contribution is 0.0931. The number of hydrogen-bond donors (Lipinski definition) is 1. The van der Waals surface area contributed by atoms with E-state index < -0.39 is 0 Å². The van der Waals surface area contributed by atoms with Gasteiger partial charge in [-0.3, -0.25) is 9.59 Å². The molecule has 0 bridgehead atoms. The Kier molecular flexibility index (Phi) is 4.76. The molecule has 7 heteroatoms. The third-order valence-corrected chi connectivity index (χ3v) is 4.82. The van der Waals surface area contributed by atoms with Gasteiger partial charge in [0.2, 0.25) is 0 Å². The molecule has 2 aromatic heterocycles. The number of carbonyl (C=O) groups is 1. The molecule has 0 aromatic carbocycles. The smallest absolute Gasteiger partial charge is 0.268 e. The van der Waals surface area contributed by atoms with Crippen molar-refractivity contribution >= 4 is 22.9 Å². The first-order valence-electron chi connectivity index (χ1n) is 7.82. The zero-order valence-electron chi connectivity index (χ0n) is 13.1. The first-order valence-corrected chi connectivity index (χ1v) is 8.77. The van der Waals surface area contributed by atoms with Gasteiger partial charge in [-0.05, 0) is 31.2 Å². The first kappa shape index (κ1) is 15.7. The molecule has 1 saturated heterocycles. The summed E-state index contributed by atoms with van der Waals surface area (Å²) in [4.78, 5) is 26.1. The van der Waals surface area contributed by atoms with Gasteiger partial charge in [-0.2, -0.15) is 16.4 Å². The zero-order chi connectivity index (χ0) is 16.2. The number of nitrogens with zero attached hydrogens (tertiary/aromatic N) is 3. The second kappa shape index (κ2) is 6.95. The molecular weight excluding hydrogens is 312 g/mol. The summed E-state index contributed by atoms with van der Waals surface area (Å²) in [6, 6.07) is 3.66. The fraction of sp³-hybridized carbons (Fsp3) is 0.438. The molecule has 0 atom stereocenters. The van der Waals surface area contributed by atoms with Crippen LogP contribution in [0.4, 0.5) is 5.69 Å². The number of piperidine rings is 1. The molecular formula is C16H20N4O2S. The van der Waals surface area contributed by atoms with E-state index in [1.807, 2.05) is 23.8 Å². The molecule has 2 aromatic rings. The van der Waals surface area contributed by atoms with Crippen LogP contribution in [0.1, 0.15) is 30.1 Å². The molecule has 0 aliphatic carbocycles. The summed E-state index contributed by atoms with van der Waals surface area (Å²) >= 11 is 1.52. The number of aromatic nitrogens is 2. The Morgan fingerprint density at radius 2 is 2.22 bits per heavy atom. The molecule has 1 N–H and O–H groups in total. The number of anilines is 1. The van der Waals surface area contributed by atoms with E-state index in [-0.39, 0.29) is 17.5 Å². The fourth-order valence-electron chi connectivity index (χ4n) is 2.78. The van der Waals surface area contributed by atoms with Gasteiger partial charge in [-0.25, -0.2) is 4.68 Å². The molecule has 1 fully saturated rings. The van der Waals surface area contributed by atoms with E-state index in [0.29, 0.717) is 6.54 Å². The molecule has 0 saturated carbocycles. The Hall–Kier alpha value is -2.15. The third kappa shape index (κ3) is 3.61. The van der Waals surface area contributed by atoms with Crippen LogP contribution >= 0.6 is 11.3 Å². The lowest BCUT2D eigenvalue weighted by Gasteiger charge is -2.33. The number of nitrogens with one attached hydrogen (secondary N) is 1. The average molecular weight is 332 g/mol. The van der Waals surface area contributed by atoms with E-state index in [9.17, 15) is 9.59 Å². The molecule has 6 nitrogen and oxygen atoms in total. The number of amides is 1. The van der Waals surface area contributed by atoms with Crippen molar-refractivity contribution in [1.82, 2.24) is 15.1 Å². The summed E-state index contributed by atoms with van der Waals surface area (Å²) in [6.45, 7) is 4.10. The summed E-state index contributed by atoms with van der Waals surface area (Å²) in [7, 11) is 0. The average Bonchev–Trinajstić information content (AvgIpc) is 3.10. The van der Waals surface area contributed by atoms with E-state index in [0.717, 1.165) is 37.2 Å². The summed E-state index contributed by atoms with van der Waals surface area (Å²) in [6.07, 6.45) is 3.48. The SMILES string of the molecule is CCn1ncc(N2CCC(NC(=O)c3ccsc3)CC2)cc1=O. The quantitative estimate of drug-likeness (QED) is 0.926. The van der Waals surface area contributed by atoms with Gasteiger partial charge in [-0.1, -0.05) is 0 Å². The van der Waals surface area contributed by atoms with E-state index in [4.69, 9.17) is 0 Å². The van der Waals surface area contributed by atoms with E-state index >= 15 is 0 Å². The lowest BCUT2D eigenvalue weighted by Crippen LogP contribution is -2.45. The Balaban J connectivity index is 1.57. The van der Waals surface area contributed by atoms with Crippen LogP contribution in [0.15, 0.2) is 33.9 Å². The highest BCUT2D eigenvalue weighted by Gasteiger charge is 2.22. The number of rotatable bonds is 4.